The van der Waals surface area contributed by atoms with Crippen LogP contribution >= 0.6 is 0 Å². The van der Waals surface area contributed by atoms with Gasteiger partial charge in [0.05, 0.1) is 6.04 Å². The molecule has 2 rings (SSSR count). The second kappa shape index (κ2) is 9.48. The van der Waals surface area contributed by atoms with E-state index in [-0.39, 0.29) is 11.9 Å². The normalized spacial score (nSPS) is 25.3. The zero-order valence-electron chi connectivity index (χ0n) is 14.4. The summed E-state index contributed by atoms with van der Waals surface area (Å²) in [5, 5.41) is 3.31. The smallest absolute Gasteiger partial charge is 0.237 e. The monoisotopic (exact) mass is 311 g/mol. The lowest BCUT2D eigenvalue weighted by atomic mass is 9.99. The molecule has 0 aromatic rings. The number of amides is 1. The van der Waals surface area contributed by atoms with Gasteiger partial charge in [0.15, 0.2) is 0 Å². The minimum atomic E-state index is 0.110. The fourth-order valence-electron chi connectivity index (χ4n) is 3.70. The molecule has 2 aliphatic rings. The summed E-state index contributed by atoms with van der Waals surface area (Å²) in [6, 6.07) is 0.477. The number of carbonyl (C=O) groups excluding carboxylic acids is 1. The van der Waals surface area contributed by atoms with Crippen LogP contribution in [0.4, 0.5) is 0 Å². The molecule has 2 fully saturated rings. The van der Waals surface area contributed by atoms with Crippen LogP contribution in [0.3, 0.4) is 0 Å². The average Bonchev–Trinajstić information content (AvgIpc) is 2.56. The molecule has 2 saturated heterocycles. The van der Waals surface area contributed by atoms with Crippen LogP contribution in [0.2, 0.25) is 0 Å². The summed E-state index contributed by atoms with van der Waals surface area (Å²) < 4.78 is 5.11. The van der Waals surface area contributed by atoms with Crippen molar-refractivity contribution in [3.05, 3.63) is 0 Å². The van der Waals surface area contributed by atoms with Crippen molar-refractivity contribution < 1.29 is 9.53 Å². The highest BCUT2D eigenvalue weighted by Gasteiger charge is 2.29. The Morgan fingerprint density at radius 2 is 1.95 bits per heavy atom. The van der Waals surface area contributed by atoms with E-state index in [1.807, 2.05) is 0 Å². The molecule has 1 amide bonds. The van der Waals surface area contributed by atoms with E-state index in [1.54, 1.807) is 7.11 Å². The van der Waals surface area contributed by atoms with E-state index in [4.69, 9.17) is 4.74 Å². The molecule has 0 aromatic carbocycles. The summed E-state index contributed by atoms with van der Waals surface area (Å²) >= 11 is 0. The third-order valence-corrected chi connectivity index (χ3v) is 5.08. The van der Waals surface area contributed by atoms with Crippen LogP contribution < -0.4 is 5.32 Å². The fourth-order valence-corrected chi connectivity index (χ4v) is 3.70. The van der Waals surface area contributed by atoms with Crippen LogP contribution in [0.25, 0.3) is 0 Å². The van der Waals surface area contributed by atoms with Crippen LogP contribution in [0.1, 0.15) is 45.4 Å². The second-order valence-corrected chi connectivity index (χ2v) is 6.61. The molecule has 1 atom stereocenters. The summed E-state index contributed by atoms with van der Waals surface area (Å²) in [6.45, 7) is 8.35. The number of hydrogen-bond acceptors (Lipinski definition) is 4. The van der Waals surface area contributed by atoms with Crippen molar-refractivity contribution in [2.24, 2.45) is 0 Å². The number of nitrogens with zero attached hydrogens (tertiary/aromatic N) is 2. The number of piperidine rings is 2. The summed E-state index contributed by atoms with van der Waals surface area (Å²) in [6.07, 6.45) is 6.70. The topological polar surface area (TPSA) is 44.8 Å². The van der Waals surface area contributed by atoms with Gasteiger partial charge in [-0.2, -0.15) is 0 Å². The van der Waals surface area contributed by atoms with Crippen molar-refractivity contribution in [3.8, 4) is 0 Å². The number of hydrogen-bond donors (Lipinski definition) is 1. The summed E-state index contributed by atoms with van der Waals surface area (Å²) in [5.74, 6) is 0.263. The van der Waals surface area contributed by atoms with E-state index < -0.39 is 0 Å². The highest BCUT2D eigenvalue weighted by atomic mass is 16.5. The highest BCUT2D eigenvalue weighted by Crippen LogP contribution is 2.18. The molecular weight excluding hydrogens is 278 g/mol. The van der Waals surface area contributed by atoms with E-state index in [0.29, 0.717) is 6.04 Å². The maximum Gasteiger partial charge on any atom is 0.237 e. The zero-order chi connectivity index (χ0) is 15.8. The number of nitrogens with one attached hydrogen (secondary N) is 1. The molecule has 5 heteroatoms. The van der Waals surface area contributed by atoms with Crippen LogP contribution in [0.15, 0.2) is 0 Å². The van der Waals surface area contributed by atoms with Gasteiger partial charge in [-0.25, -0.2) is 0 Å². The second-order valence-electron chi connectivity index (χ2n) is 6.61. The van der Waals surface area contributed by atoms with Crippen LogP contribution in [-0.4, -0.2) is 74.2 Å². The molecular formula is C17H33N3O2. The molecule has 0 radical (unpaired) electrons. The molecule has 2 heterocycles. The Morgan fingerprint density at radius 1 is 1.18 bits per heavy atom. The van der Waals surface area contributed by atoms with Gasteiger partial charge in [0, 0.05) is 39.4 Å². The Kier molecular flexibility index (Phi) is 7.63. The number of methoxy groups -OCH3 is 1. The Hall–Kier alpha value is -0.650. The minimum absolute atomic E-state index is 0.110. The van der Waals surface area contributed by atoms with Crippen molar-refractivity contribution >= 4 is 5.91 Å². The number of ether oxygens (including phenoxy) is 1. The maximum atomic E-state index is 12.5. The lowest BCUT2D eigenvalue weighted by molar-refractivity contribution is -0.128. The average molecular weight is 311 g/mol. The third kappa shape index (κ3) is 5.21. The Balaban J connectivity index is 1.69. The van der Waals surface area contributed by atoms with E-state index in [9.17, 15) is 4.79 Å². The third-order valence-electron chi connectivity index (χ3n) is 5.08. The molecule has 2 aliphatic heterocycles. The first kappa shape index (κ1) is 17.7. The van der Waals surface area contributed by atoms with Crippen LogP contribution in [0, 0.1) is 0 Å². The van der Waals surface area contributed by atoms with Gasteiger partial charge in [-0.05, 0) is 45.2 Å². The summed E-state index contributed by atoms with van der Waals surface area (Å²) in [4.78, 5) is 17.4. The largest absolute Gasteiger partial charge is 0.385 e. The van der Waals surface area contributed by atoms with Crippen molar-refractivity contribution in [1.29, 1.82) is 0 Å². The standard InChI is InChI=1S/C17H33N3O2/c1-3-20-11-5-4-7-16(20)17(21)18-15-8-12-19(13-9-15)10-6-14-22-2/h15-16H,3-14H2,1-2H3,(H,18,21). The maximum absolute atomic E-state index is 12.5. The molecule has 0 aliphatic carbocycles. The van der Waals surface area contributed by atoms with E-state index in [2.05, 4.69) is 22.0 Å². The van der Waals surface area contributed by atoms with Crippen molar-refractivity contribution in [2.45, 2.75) is 57.5 Å². The predicted molar refractivity (Wildman–Crippen MR) is 89.0 cm³/mol. The molecule has 0 saturated carbocycles. The molecule has 0 bridgehead atoms. The molecule has 0 aromatic heterocycles. The van der Waals surface area contributed by atoms with Gasteiger partial charge < -0.3 is 15.0 Å². The van der Waals surface area contributed by atoms with E-state index in [1.165, 1.54) is 12.8 Å². The summed E-state index contributed by atoms with van der Waals surface area (Å²) in [5.41, 5.74) is 0. The van der Waals surface area contributed by atoms with Crippen LogP contribution in [0.5, 0.6) is 0 Å². The first-order chi connectivity index (χ1) is 10.7. The van der Waals surface area contributed by atoms with Crippen molar-refractivity contribution in [2.75, 3.05) is 46.4 Å². The molecule has 0 spiro atoms. The SMILES string of the molecule is CCN1CCCCC1C(=O)NC1CCN(CCCOC)CC1. The van der Waals surface area contributed by atoms with Gasteiger partial charge in [-0.3, -0.25) is 9.69 Å². The predicted octanol–water partition coefficient (Wildman–Crippen LogP) is 1.48. The number of rotatable bonds is 7. The first-order valence-electron chi connectivity index (χ1n) is 9.00. The number of likely N-dealkylation sites (N-methyl/N-ethyl adjacent to an activating group) is 1. The van der Waals surface area contributed by atoms with Gasteiger partial charge in [-0.1, -0.05) is 13.3 Å². The van der Waals surface area contributed by atoms with Gasteiger partial charge in [0.25, 0.3) is 0 Å². The zero-order valence-corrected chi connectivity index (χ0v) is 14.4. The lowest BCUT2D eigenvalue weighted by Crippen LogP contribution is -2.53. The summed E-state index contributed by atoms with van der Waals surface area (Å²) in [7, 11) is 1.76. The van der Waals surface area contributed by atoms with Crippen LogP contribution in [-0.2, 0) is 9.53 Å². The molecule has 1 N–H and O–H groups in total. The van der Waals surface area contributed by atoms with Crippen molar-refractivity contribution in [3.63, 3.8) is 0 Å². The van der Waals surface area contributed by atoms with Gasteiger partial charge in [0.1, 0.15) is 0 Å². The molecule has 22 heavy (non-hydrogen) atoms. The highest BCUT2D eigenvalue weighted by molar-refractivity contribution is 5.82. The van der Waals surface area contributed by atoms with E-state index >= 15 is 0 Å². The molecule has 1 unspecified atom stereocenters. The van der Waals surface area contributed by atoms with Crippen molar-refractivity contribution in [1.82, 2.24) is 15.1 Å². The Morgan fingerprint density at radius 3 is 2.64 bits per heavy atom. The number of likely N-dealkylation sites (tertiary alicyclic amines) is 2. The lowest BCUT2D eigenvalue weighted by Gasteiger charge is -2.36. The van der Waals surface area contributed by atoms with Gasteiger partial charge in [-0.15, -0.1) is 0 Å². The molecule has 128 valence electrons. The minimum Gasteiger partial charge on any atom is -0.385 e. The quantitative estimate of drug-likeness (QED) is 0.723. The number of carbonyl (C=O) groups is 1. The van der Waals surface area contributed by atoms with Gasteiger partial charge in [0.2, 0.25) is 5.91 Å². The van der Waals surface area contributed by atoms with Gasteiger partial charge >= 0.3 is 0 Å². The fraction of sp³-hybridized carbons (Fsp3) is 0.941. The van der Waals surface area contributed by atoms with E-state index in [0.717, 1.165) is 65.0 Å². The Labute approximate surface area is 135 Å². The first-order valence-corrected chi connectivity index (χ1v) is 9.00. The Bertz CT molecular complexity index is 330. The molecule has 5 nitrogen and oxygen atoms in total.